The number of nitrogens with one attached hydrogen (secondary N) is 1. The molecule has 0 atom stereocenters. The quantitative estimate of drug-likeness (QED) is 0.803. The van der Waals surface area contributed by atoms with Gasteiger partial charge in [-0.1, -0.05) is 12.1 Å². The Balaban J connectivity index is 1.42. The number of likely N-dealkylation sites (tertiary alicyclic amines) is 1. The molecule has 2 fully saturated rings. The van der Waals surface area contributed by atoms with Crippen LogP contribution in [0.2, 0.25) is 0 Å². The molecule has 3 rings (SSSR count). The van der Waals surface area contributed by atoms with Gasteiger partial charge in [0.1, 0.15) is 0 Å². The summed E-state index contributed by atoms with van der Waals surface area (Å²) in [6.45, 7) is 9.28. The molecule has 0 spiro atoms. The zero-order valence-electron chi connectivity index (χ0n) is 15.9. The lowest BCUT2D eigenvalue weighted by atomic mass is 9.96. The average Bonchev–Trinajstić information content (AvgIpc) is 2.65. The van der Waals surface area contributed by atoms with E-state index in [1.165, 1.54) is 49.6 Å². The summed E-state index contributed by atoms with van der Waals surface area (Å²) < 4.78 is 0. The van der Waals surface area contributed by atoms with Crippen LogP contribution in [0.15, 0.2) is 24.3 Å². The summed E-state index contributed by atoms with van der Waals surface area (Å²) in [7, 11) is 2.28. The number of hydrogen-bond acceptors (Lipinski definition) is 5. The van der Waals surface area contributed by atoms with E-state index in [1.54, 1.807) is 0 Å². The predicted molar refractivity (Wildman–Crippen MR) is 111 cm³/mol. The highest BCUT2D eigenvalue weighted by Gasteiger charge is 2.20. The predicted octanol–water partition coefficient (Wildman–Crippen LogP) is 2.56. The number of hydrogen-bond donors (Lipinski definition) is 1. The van der Waals surface area contributed by atoms with Crippen molar-refractivity contribution in [3.05, 3.63) is 29.8 Å². The molecule has 1 N–H and O–H groups in total. The van der Waals surface area contributed by atoms with Crippen molar-refractivity contribution in [1.29, 1.82) is 0 Å². The van der Waals surface area contributed by atoms with Gasteiger partial charge in [0.05, 0.1) is 0 Å². The second-order valence-electron chi connectivity index (χ2n) is 7.58. The molecule has 0 saturated carbocycles. The van der Waals surface area contributed by atoms with Crippen molar-refractivity contribution in [3.8, 4) is 0 Å². The molecule has 140 valence electrons. The molecule has 25 heavy (non-hydrogen) atoms. The van der Waals surface area contributed by atoms with Crippen LogP contribution in [0.3, 0.4) is 0 Å². The second-order valence-corrected chi connectivity index (χ2v) is 8.41. The van der Waals surface area contributed by atoms with E-state index in [0.717, 1.165) is 38.6 Å². The molecule has 0 aromatic heterocycles. The first-order chi connectivity index (χ1) is 12.2. The first-order valence-corrected chi connectivity index (χ1v) is 11.1. The van der Waals surface area contributed by atoms with E-state index in [-0.39, 0.29) is 0 Å². The van der Waals surface area contributed by atoms with E-state index in [4.69, 9.17) is 0 Å². The molecule has 0 unspecified atom stereocenters. The van der Waals surface area contributed by atoms with Crippen molar-refractivity contribution < 1.29 is 0 Å². The molecule has 4 nitrogen and oxygen atoms in total. The van der Waals surface area contributed by atoms with E-state index in [1.807, 2.05) is 11.8 Å². The monoisotopic (exact) mass is 362 g/mol. The first-order valence-electron chi connectivity index (χ1n) is 9.69. The van der Waals surface area contributed by atoms with E-state index < -0.39 is 0 Å². The average molecular weight is 363 g/mol. The van der Waals surface area contributed by atoms with Crippen LogP contribution in [0, 0.1) is 5.92 Å². The van der Waals surface area contributed by atoms with Gasteiger partial charge in [-0.15, -0.1) is 11.8 Å². The maximum absolute atomic E-state index is 3.42. The third-order valence-electron chi connectivity index (χ3n) is 5.46. The summed E-state index contributed by atoms with van der Waals surface area (Å²) in [5.74, 6) is 2.06. The van der Waals surface area contributed by atoms with Gasteiger partial charge in [0.25, 0.3) is 0 Å². The van der Waals surface area contributed by atoms with Gasteiger partial charge in [-0.2, -0.15) is 0 Å². The minimum Gasteiger partial charge on any atom is -0.369 e. The standard InChI is InChI=1S/C20H34N4S/c1-22(16-19-7-11-23(12-8-19)17-25-2)15-18-3-5-20(6-4-18)24-13-9-21-10-14-24/h3-6,19,21H,7-17H2,1-2H3. The van der Waals surface area contributed by atoms with Gasteiger partial charge in [0.2, 0.25) is 0 Å². The topological polar surface area (TPSA) is 21.8 Å². The molecule has 2 saturated heterocycles. The Kier molecular flexibility index (Phi) is 7.47. The highest BCUT2D eigenvalue weighted by atomic mass is 32.2. The smallest absolute Gasteiger partial charge is 0.0441 e. The normalized spacial score (nSPS) is 20.4. The summed E-state index contributed by atoms with van der Waals surface area (Å²) in [4.78, 5) is 7.58. The molecule has 0 aliphatic carbocycles. The van der Waals surface area contributed by atoms with Gasteiger partial charge in [-0.05, 0) is 62.8 Å². The largest absolute Gasteiger partial charge is 0.369 e. The van der Waals surface area contributed by atoms with Crippen molar-refractivity contribution in [2.45, 2.75) is 19.4 Å². The van der Waals surface area contributed by atoms with Gasteiger partial charge in [-0.3, -0.25) is 4.90 Å². The number of piperidine rings is 1. The Morgan fingerprint density at radius 1 is 1.08 bits per heavy atom. The molecular formula is C20H34N4S. The van der Waals surface area contributed by atoms with Crippen LogP contribution in [0.1, 0.15) is 18.4 Å². The SMILES string of the molecule is CSCN1CCC(CN(C)Cc2ccc(N3CCNCC3)cc2)CC1. The summed E-state index contributed by atoms with van der Waals surface area (Å²) >= 11 is 1.94. The Labute approximate surface area is 157 Å². The van der Waals surface area contributed by atoms with Crippen LogP contribution in [0.4, 0.5) is 5.69 Å². The minimum absolute atomic E-state index is 0.864. The number of benzene rings is 1. The molecule has 5 heteroatoms. The molecule has 2 aliphatic rings. The number of nitrogens with zero attached hydrogens (tertiary/aromatic N) is 3. The highest BCUT2D eigenvalue weighted by molar-refractivity contribution is 7.98. The summed E-state index contributed by atoms with van der Waals surface area (Å²) in [5, 5.41) is 3.42. The fraction of sp³-hybridized carbons (Fsp3) is 0.700. The summed E-state index contributed by atoms with van der Waals surface area (Å²) in [6, 6.07) is 9.23. The van der Waals surface area contributed by atoms with Crippen LogP contribution < -0.4 is 10.2 Å². The number of piperazine rings is 1. The zero-order valence-corrected chi connectivity index (χ0v) is 16.7. The Hall–Kier alpha value is -0.750. The maximum atomic E-state index is 3.42. The van der Waals surface area contributed by atoms with Crippen LogP contribution in [-0.4, -0.2) is 74.8 Å². The van der Waals surface area contributed by atoms with Crippen molar-refractivity contribution in [2.75, 3.05) is 69.9 Å². The molecule has 1 aromatic carbocycles. The first kappa shape index (κ1) is 19.0. The molecule has 2 aliphatic heterocycles. The Morgan fingerprint density at radius 3 is 2.40 bits per heavy atom. The van der Waals surface area contributed by atoms with Crippen LogP contribution in [0.25, 0.3) is 0 Å². The lowest BCUT2D eigenvalue weighted by Gasteiger charge is -2.33. The van der Waals surface area contributed by atoms with E-state index in [0.29, 0.717) is 0 Å². The molecule has 2 heterocycles. The Bertz CT molecular complexity index is 493. The molecule has 1 aromatic rings. The van der Waals surface area contributed by atoms with Crippen molar-refractivity contribution in [2.24, 2.45) is 5.92 Å². The maximum Gasteiger partial charge on any atom is 0.0441 e. The molecule has 0 radical (unpaired) electrons. The molecular weight excluding hydrogens is 328 g/mol. The van der Waals surface area contributed by atoms with E-state index >= 15 is 0 Å². The fourth-order valence-electron chi connectivity index (χ4n) is 4.03. The van der Waals surface area contributed by atoms with Gasteiger partial charge in [-0.25, -0.2) is 0 Å². The van der Waals surface area contributed by atoms with Gasteiger partial charge in [0.15, 0.2) is 0 Å². The van der Waals surface area contributed by atoms with Crippen molar-refractivity contribution in [1.82, 2.24) is 15.1 Å². The third kappa shape index (κ3) is 5.88. The van der Waals surface area contributed by atoms with E-state index in [2.05, 4.69) is 57.6 Å². The highest BCUT2D eigenvalue weighted by Crippen LogP contribution is 2.21. The van der Waals surface area contributed by atoms with Crippen LogP contribution >= 0.6 is 11.8 Å². The number of anilines is 1. The molecule has 0 bridgehead atoms. The van der Waals surface area contributed by atoms with Crippen molar-refractivity contribution in [3.63, 3.8) is 0 Å². The number of thioether (sulfide) groups is 1. The summed E-state index contributed by atoms with van der Waals surface area (Å²) in [6.07, 6.45) is 4.91. The number of rotatable bonds is 7. The van der Waals surface area contributed by atoms with Gasteiger partial charge in [0, 0.05) is 50.8 Å². The minimum atomic E-state index is 0.864. The lowest BCUT2D eigenvalue weighted by Crippen LogP contribution is -2.43. The molecule has 0 amide bonds. The van der Waals surface area contributed by atoms with Crippen LogP contribution in [0.5, 0.6) is 0 Å². The zero-order chi connectivity index (χ0) is 17.5. The lowest BCUT2D eigenvalue weighted by molar-refractivity contribution is 0.169. The van der Waals surface area contributed by atoms with Gasteiger partial charge < -0.3 is 15.1 Å². The van der Waals surface area contributed by atoms with Crippen molar-refractivity contribution >= 4 is 17.4 Å². The second kappa shape index (κ2) is 9.81. The van der Waals surface area contributed by atoms with Gasteiger partial charge >= 0.3 is 0 Å². The summed E-state index contributed by atoms with van der Waals surface area (Å²) in [5.41, 5.74) is 2.80. The fourth-order valence-corrected chi connectivity index (χ4v) is 4.66. The Morgan fingerprint density at radius 2 is 1.76 bits per heavy atom. The van der Waals surface area contributed by atoms with E-state index in [9.17, 15) is 0 Å². The third-order valence-corrected chi connectivity index (χ3v) is 6.08. The van der Waals surface area contributed by atoms with Crippen LogP contribution in [-0.2, 0) is 6.54 Å².